The van der Waals surface area contributed by atoms with Crippen LogP contribution >= 0.6 is 0 Å². The van der Waals surface area contributed by atoms with Crippen molar-refractivity contribution in [2.45, 2.75) is 38.8 Å². The van der Waals surface area contributed by atoms with Crippen LogP contribution in [-0.2, 0) is 6.54 Å². The summed E-state index contributed by atoms with van der Waals surface area (Å²) in [4.78, 5) is 0. The summed E-state index contributed by atoms with van der Waals surface area (Å²) < 4.78 is 20.5. The van der Waals surface area contributed by atoms with E-state index in [1.165, 1.54) is 22.3 Å². The molecular weight excluding hydrogens is 397 g/mol. The molecule has 1 aliphatic rings. The quantitative estimate of drug-likeness (QED) is 0.386. The minimum Gasteiger partial charge on any atom is -0.489 e. The number of ether oxygens (including phenoxy) is 1. The van der Waals surface area contributed by atoms with Gasteiger partial charge >= 0.3 is 0 Å². The summed E-state index contributed by atoms with van der Waals surface area (Å²) in [7, 11) is 0. The zero-order valence-corrected chi connectivity index (χ0v) is 18.6. The maximum absolute atomic E-state index is 14.1. The molecule has 1 aliphatic heterocycles. The second-order valence-corrected chi connectivity index (χ2v) is 8.79. The van der Waals surface area contributed by atoms with Crippen LogP contribution in [0.2, 0.25) is 0 Å². The van der Waals surface area contributed by atoms with E-state index in [4.69, 9.17) is 4.74 Å². The van der Waals surface area contributed by atoms with Gasteiger partial charge in [0.05, 0.1) is 0 Å². The molecule has 2 unspecified atom stereocenters. The highest BCUT2D eigenvalue weighted by atomic mass is 19.1. The molecule has 0 aliphatic carbocycles. The van der Waals surface area contributed by atoms with E-state index in [9.17, 15) is 4.39 Å². The fraction of sp³-hybridized carbons (Fsp3) is 0.241. The Kier molecular flexibility index (Phi) is 5.67. The van der Waals surface area contributed by atoms with Gasteiger partial charge in [-0.2, -0.15) is 0 Å². The number of nitrogens with one attached hydrogen (secondary N) is 1. The first-order valence-electron chi connectivity index (χ1n) is 11.3. The van der Waals surface area contributed by atoms with Gasteiger partial charge in [0.2, 0.25) is 0 Å². The second-order valence-electron chi connectivity index (χ2n) is 8.79. The van der Waals surface area contributed by atoms with E-state index in [-0.39, 0.29) is 11.9 Å². The van der Waals surface area contributed by atoms with Crippen LogP contribution < -0.4 is 10.1 Å². The number of fused-ring (bicyclic) bond motifs is 2. The molecule has 1 heterocycles. The Morgan fingerprint density at radius 1 is 0.875 bits per heavy atom. The Morgan fingerprint density at radius 3 is 2.50 bits per heavy atom. The molecule has 5 rings (SSSR count). The zero-order valence-electron chi connectivity index (χ0n) is 18.6. The standard InChI is InChI=1S/C29H28FNO/c1-19-11-12-21(15-20(19)2)27-16-23(32-29-10-6-5-9-26(27)29)18-31-17-22-13-14-28(30)25-8-4-3-7-24(22)25/h3-15,23,27,31H,16-18H2,1-2H3. The van der Waals surface area contributed by atoms with Gasteiger partial charge in [-0.25, -0.2) is 4.39 Å². The largest absolute Gasteiger partial charge is 0.489 e. The number of rotatable bonds is 5. The predicted octanol–water partition coefficient (Wildman–Crippen LogP) is 6.67. The Balaban J connectivity index is 1.34. The van der Waals surface area contributed by atoms with Crippen molar-refractivity contribution >= 4 is 10.8 Å². The minimum atomic E-state index is -0.173. The Morgan fingerprint density at radius 2 is 1.66 bits per heavy atom. The molecule has 2 atom stereocenters. The molecule has 4 aromatic rings. The van der Waals surface area contributed by atoms with Gasteiger partial charge in [0.1, 0.15) is 17.7 Å². The average molecular weight is 426 g/mol. The molecule has 0 spiro atoms. The van der Waals surface area contributed by atoms with Gasteiger partial charge in [0.15, 0.2) is 0 Å². The van der Waals surface area contributed by atoms with Gasteiger partial charge in [0, 0.05) is 30.0 Å². The lowest BCUT2D eigenvalue weighted by Crippen LogP contribution is -2.35. The van der Waals surface area contributed by atoms with E-state index < -0.39 is 0 Å². The summed E-state index contributed by atoms with van der Waals surface area (Å²) in [6, 6.07) is 26.3. The molecule has 0 bridgehead atoms. The normalized spacial score (nSPS) is 17.7. The first kappa shape index (κ1) is 20.7. The predicted molar refractivity (Wildman–Crippen MR) is 129 cm³/mol. The van der Waals surface area contributed by atoms with Crippen LogP contribution in [0, 0.1) is 19.7 Å². The maximum Gasteiger partial charge on any atom is 0.131 e. The number of benzene rings is 4. The average Bonchev–Trinajstić information content (AvgIpc) is 2.82. The summed E-state index contributed by atoms with van der Waals surface area (Å²) >= 11 is 0. The maximum atomic E-state index is 14.1. The van der Waals surface area contributed by atoms with Crippen LogP contribution in [0.1, 0.15) is 40.2 Å². The van der Waals surface area contributed by atoms with E-state index in [2.05, 4.69) is 55.6 Å². The second kappa shape index (κ2) is 8.76. The Bertz CT molecular complexity index is 1270. The number of hydrogen-bond donors (Lipinski definition) is 1. The van der Waals surface area contributed by atoms with E-state index in [0.29, 0.717) is 17.8 Å². The lowest BCUT2D eigenvalue weighted by molar-refractivity contribution is 0.162. The smallest absolute Gasteiger partial charge is 0.131 e. The number of aryl methyl sites for hydroxylation is 2. The van der Waals surface area contributed by atoms with Crippen molar-refractivity contribution in [3.8, 4) is 5.75 Å². The summed E-state index contributed by atoms with van der Waals surface area (Å²) in [6.07, 6.45) is 1.000. The number of halogens is 1. The van der Waals surface area contributed by atoms with Crippen LogP contribution in [0.3, 0.4) is 0 Å². The fourth-order valence-electron chi connectivity index (χ4n) is 4.76. The fourth-order valence-corrected chi connectivity index (χ4v) is 4.76. The topological polar surface area (TPSA) is 21.3 Å². The molecule has 1 N–H and O–H groups in total. The molecule has 0 aromatic heterocycles. The lowest BCUT2D eigenvalue weighted by atomic mass is 9.83. The van der Waals surface area contributed by atoms with Crippen molar-refractivity contribution in [1.82, 2.24) is 5.32 Å². The molecule has 0 radical (unpaired) electrons. The van der Waals surface area contributed by atoms with Crippen molar-refractivity contribution in [2.75, 3.05) is 6.54 Å². The summed E-state index contributed by atoms with van der Waals surface area (Å²) in [5.41, 5.74) is 6.35. The molecule has 0 saturated heterocycles. The molecule has 0 fully saturated rings. The minimum absolute atomic E-state index is 0.0724. The third-order valence-corrected chi connectivity index (χ3v) is 6.67. The molecular formula is C29H28FNO. The van der Waals surface area contributed by atoms with Crippen molar-refractivity contribution in [3.63, 3.8) is 0 Å². The Hall–Kier alpha value is -3.17. The molecule has 162 valence electrons. The molecule has 32 heavy (non-hydrogen) atoms. The monoisotopic (exact) mass is 425 g/mol. The molecule has 0 saturated carbocycles. The SMILES string of the molecule is Cc1ccc(C2CC(CNCc3ccc(F)c4ccccc34)Oc3ccccc32)cc1C. The van der Waals surface area contributed by atoms with Crippen molar-refractivity contribution < 1.29 is 9.13 Å². The van der Waals surface area contributed by atoms with Gasteiger partial charge in [-0.1, -0.05) is 66.7 Å². The van der Waals surface area contributed by atoms with Gasteiger partial charge in [-0.05, 0) is 60.0 Å². The number of hydrogen-bond acceptors (Lipinski definition) is 2. The summed E-state index contributed by atoms with van der Waals surface area (Å²) in [5.74, 6) is 1.12. The van der Waals surface area contributed by atoms with Crippen LogP contribution in [0.4, 0.5) is 4.39 Å². The zero-order chi connectivity index (χ0) is 22.1. The molecule has 3 heteroatoms. The summed E-state index contributed by atoms with van der Waals surface area (Å²) in [5, 5.41) is 5.19. The third-order valence-electron chi connectivity index (χ3n) is 6.67. The van der Waals surface area contributed by atoms with Gasteiger partial charge in [-0.15, -0.1) is 0 Å². The van der Waals surface area contributed by atoms with E-state index in [1.807, 2.05) is 36.4 Å². The van der Waals surface area contributed by atoms with Crippen LogP contribution in [0.25, 0.3) is 10.8 Å². The highest BCUT2D eigenvalue weighted by Gasteiger charge is 2.29. The van der Waals surface area contributed by atoms with Crippen molar-refractivity contribution in [1.29, 1.82) is 0 Å². The van der Waals surface area contributed by atoms with Crippen molar-refractivity contribution in [2.24, 2.45) is 0 Å². The highest BCUT2D eigenvalue weighted by Crippen LogP contribution is 2.40. The molecule has 2 nitrogen and oxygen atoms in total. The Labute approximate surface area is 189 Å². The first-order chi connectivity index (χ1) is 15.6. The van der Waals surface area contributed by atoms with Gasteiger partial charge in [-0.3, -0.25) is 0 Å². The van der Waals surface area contributed by atoms with Gasteiger partial charge in [0.25, 0.3) is 0 Å². The highest BCUT2D eigenvalue weighted by molar-refractivity contribution is 5.86. The third kappa shape index (κ3) is 4.01. The number of para-hydroxylation sites is 1. The first-order valence-corrected chi connectivity index (χ1v) is 11.3. The van der Waals surface area contributed by atoms with Crippen molar-refractivity contribution in [3.05, 3.63) is 112 Å². The van der Waals surface area contributed by atoms with Crippen LogP contribution in [0.5, 0.6) is 5.75 Å². The van der Waals surface area contributed by atoms with E-state index in [1.54, 1.807) is 6.07 Å². The lowest BCUT2D eigenvalue weighted by Gasteiger charge is -2.33. The van der Waals surface area contributed by atoms with E-state index in [0.717, 1.165) is 29.7 Å². The van der Waals surface area contributed by atoms with Crippen LogP contribution in [-0.4, -0.2) is 12.6 Å². The van der Waals surface area contributed by atoms with Crippen LogP contribution in [0.15, 0.2) is 78.9 Å². The van der Waals surface area contributed by atoms with E-state index >= 15 is 0 Å². The summed E-state index contributed by atoms with van der Waals surface area (Å²) in [6.45, 7) is 5.75. The molecule has 4 aromatic carbocycles. The molecule has 0 amide bonds. The van der Waals surface area contributed by atoms with Gasteiger partial charge < -0.3 is 10.1 Å².